The van der Waals surface area contributed by atoms with Crippen LogP contribution in [0.3, 0.4) is 0 Å². The highest BCUT2D eigenvalue weighted by Gasteiger charge is 2.29. The minimum Gasteiger partial charge on any atom is -0.484 e. The average molecular weight is 464 g/mol. The lowest BCUT2D eigenvalue weighted by Gasteiger charge is -2.23. The summed E-state index contributed by atoms with van der Waals surface area (Å²) in [6.45, 7) is 6.38. The van der Waals surface area contributed by atoms with Gasteiger partial charge in [0.25, 0.3) is 5.89 Å². The number of anilines is 1. The Morgan fingerprint density at radius 3 is 2.55 bits per heavy atom. The molecule has 0 spiro atoms. The van der Waals surface area contributed by atoms with Gasteiger partial charge in [-0.05, 0) is 60.9 Å². The minimum absolute atomic E-state index is 0.0715. The quantitative estimate of drug-likeness (QED) is 0.539. The van der Waals surface area contributed by atoms with Gasteiger partial charge in [-0.3, -0.25) is 0 Å². The van der Waals surface area contributed by atoms with Crippen LogP contribution in [0.5, 0.6) is 5.75 Å². The third-order valence-electron chi connectivity index (χ3n) is 5.68. The van der Waals surface area contributed by atoms with Gasteiger partial charge in [-0.2, -0.15) is 13.2 Å². The number of halogens is 3. The molecule has 3 aromatic rings. The molecule has 2 N–H and O–H groups in total. The summed E-state index contributed by atoms with van der Waals surface area (Å²) >= 11 is 0. The van der Waals surface area contributed by atoms with Crippen molar-refractivity contribution in [3.05, 3.63) is 29.3 Å². The van der Waals surface area contributed by atoms with E-state index in [0.717, 1.165) is 24.0 Å². The van der Waals surface area contributed by atoms with Crippen LogP contribution in [0, 0.1) is 6.92 Å². The molecule has 2 aromatic heterocycles. The molecule has 7 nitrogen and oxygen atoms in total. The van der Waals surface area contributed by atoms with Gasteiger partial charge in [0.15, 0.2) is 6.61 Å². The molecular formula is C23H27F3N4O3. The van der Waals surface area contributed by atoms with E-state index in [9.17, 15) is 18.3 Å². The van der Waals surface area contributed by atoms with Gasteiger partial charge >= 0.3 is 12.2 Å². The maximum absolute atomic E-state index is 12.7. The third-order valence-corrected chi connectivity index (χ3v) is 5.68. The van der Waals surface area contributed by atoms with E-state index in [2.05, 4.69) is 15.5 Å². The van der Waals surface area contributed by atoms with Crippen molar-refractivity contribution in [2.75, 3.05) is 11.9 Å². The molecule has 0 radical (unpaired) electrons. The van der Waals surface area contributed by atoms with E-state index in [0.29, 0.717) is 23.0 Å². The SMILES string of the molecule is Cc1cc(-c2nnc(N[C@H]3CC[C@H](O)C3)o2)nc2c(C(C)(C)C)cc(OCC(F)(F)F)cc12. The molecule has 10 heteroatoms. The first-order valence-corrected chi connectivity index (χ1v) is 10.8. The summed E-state index contributed by atoms with van der Waals surface area (Å²) in [6.07, 6.45) is -2.57. The molecule has 1 aliphatic carbocycles. The number of aliphatic hydroxyl groups is 1. The van der Waals surface area contributed by atoms with Crippen LogP contribution in [0.4, 0.5) is 19.2 Å². The third kappa shape index (κ3) is 5.38. The molecule has 0 unspecified atom stereocenters. The summed E-state index contributed by atoms with van der Waals surface area (Å²) in [5.74, 6) is 0.378. The second-order valence-corrected chi connectivity index (χ2v) is 9.57. The lowest BCUT2D eigenvalue weighted by molar-refractivity contribution is -0.153. The Morgan fingerprint density at radius 1 is 1.15 bits per heavy atom. The second kappa shape index (κ2) is 8.48. The summed E-state index contributed by atoms with van der Waals surface area (Å²) in [5.41, 5.74) is 2.26. The van der Waals surface area contributed by atoms with Crippen molar-refractivity contribution in [3.63, 3.8) is 0 Å². The van der Waals surface area contributed by atoms with Crippen LogP contribution in [0.1, 0.15) is 51.2 Å². The van der Waals surface area contributed by atoms with Crippen LogP contribution in [-0.4, -0.2) is 45.2 Å². The largest absolute Gasteiger partial charge is 0.484 e. The van der Waals surface area contributed by atoms with Crippen LogP contribution in [0.2, 0.25) is 0 Å². The molecule has 178 valence electrons. The van der Waals surface area contributed by atoms with E-state index in [1.165, 1.54) is 0 Å². The van der Waals surface area contributed by atoms with Crippen molar-refractivity contribution >= 4 is 16.9 Å². The van der Waals surface area contributed by atoms with E-state index in [4.69, 9.17) is 14.1 Å². The van der Waals surface area contributed by atoms with E-state index < -0.39 is 18.2 Å². The highest BCUT2D eigenvalue weighted by Crippen LogP contribution is 2.36. The van der Waals surface area contributed by atoms with Gasteiger partial charge in [0, 0.05) is 11.4 Å². The molecule has 1 fully saturated rings. The topological polar surface area (TPSA) is 93.3 Å². The number of nitrogens with one attached hydrogen (secondary N) is 1. The number of fused-ring (bicyclic) bond motifs is 1. The fourth-order valence-corrected chi connectivity index (χ4v) is 4.04. The molecule has 33 heavy (non-hydrogen) atoms. The predicted molar refractivity (Wildman–Crippen MR) is 117 cm³/mol. The Balaban J connectivity index is 1.70. The normalized spacial score (nSPS) is 19.3. The van der Waals surface area contributed by atoms with Gasteiger partial charge in [0.2, 0.25) is 0 Å². The minimum atomic E-state index is -4.42. The van der Waals surface area contributed by atoms with Crippen molar-refractivity contribution in [1.29, 1.82) is 0 Å². The molecule has 0 bridgehead atoms. The Labute approximate surface area is 189 Å². The lowest BCUT2D eigenvalue weighted by atomic mass is 9.84. The smallest absolute Gasteiger partial charge is 0.422 e. The highest BCUT2D eigenvalue weighted by atomic mass is 19.4. The first kappa shape index (κ1) is 23.3. The summed E-state index contributed by atoms with van der Waals surface area (Å²) in [4.78, 5) is 4.74. The van der Waals surface area contributed by atoms with E-state index in [1.54, 1.807) is 18.2 Å². The van der Waals surface area contributed by atoms with E-state index in [1.807, 2.05) is 27.7 Å². The highest BCUT2D eigenvalue weighted by molar-refractivity contribution is 5.89. The van der Waals surface area contributed by atoms with E-state index in [-0.39, 0.29) is 29.8 Å². The molecular weight excluding hydrogens is 437 g/mol. The average Bonchev–Trinajstić information content (AvgIpc) is 3.34. The molecule has 2 atom stereocenters. The molecule has 1 aliphatic rings. The molecule has 2 heterocycles. The number of nitrogens with zero attached hydrogens (tertiary/aromatic N) is 3. The summed E-state index contributed by atoms with van der Waals surface area (Å²) in [6, 6.07) is 5.28. The maximum Gasteiger partial charge on any atom is 0.422 e. The number of ether oxygens (including phenoxy) is 1. The van der Waals surface area contributed by atoms with Crippen molar-refractivity contribution < 1.29 is 27.4 Å². The Hall–Kier alpha value is -2.88. The fourth-order valence-electron chi connectivity index (χ4n) is 4.04. The van der Waals surface area contributed by atoms with Gasteiger partial charge in [0.1, 0.15) is 11.4 Å². The number of aromatic nitrogens is 3. The van der Waals surface area contributed by atoms with Gasteiger partial charge < -0.3 is 19.6 Å². The predicted octanol–water partition coefficient (Wildman–Crippen LogP) is 5.16. The van der Waals surface area contributed by atoms with Gasteiger partial charge in [0.05, 0.1) is 11.6 Å². The number of hydrogen-bond donors (Lipinski definition) is 2. The van der Waals surface area contributed by atoms with Crippen molar-refractivity contribution in [2.24, 2.45) is 0 Å². The molecule has 0 aliphatic heterocycles. The number of rotatable bonds is 5. The summed E-state index contributed by atoms with van der Waals surface area (Å²) in [5, 5.41) is 21.7. The molecule has 0 saturated heterocycles. The van der Waals surface area contributed by atoms with Crippen LogP contribution in [0.15, 0.2) is 22.6 Å². The Morgan fingerprint density at radius 2 is 1.91 bits per heavy atom. The molecule has 1 aromatic carbocycles. The molecule has 0 amide bonds. The van der Waals surface area contributed by atoms with E-state index >= 15 is 0 Å². The monoisotopic (exact) mass is 464 g/mol. The Bertz CT molecular complexity index is 1150. The van der Waals surface area contributed by atoms with Gasteiger partial charge in [-0.15, -0.1) is 5.10 Å². The number of hydrogen-bond acceptors (Lipinski definition) is 7. The summed E-state index contributed by atoms with van der Waals surface area (Å²) < 4.78 is 48.8. The van der Waals surface area contributed by atoms with Gasteiger partial charge in [-0.25, -0.2) is 4.98 Å². The Kier molecular flexibility index (Phi) is 5.98. The zero-order valence-electron chi connectivity index (χ0n) is 19.0. The van der Waals surface area contributed by atoms with Crippen molar-refractivity contribution in [1.82, 2.24) is 15.2 Å². The zero-order chi connectivity index (χ0) is 24.0. The van der Waals surface area contributed by atoms with Crippen molar-refractivity contribution in [2.45, 2.75) is 70.7 Å². The maximum atomic E-state index is 12.7. The van der Waals surface area contributed by atoms with Crippen LogP contribution in [0.25, 0.3) is 22.5 Å². The number of benzene rings is 1. The fraction of sp³-hybridized carbons (Fsp3) is 0.522. The number of pyridine rings is 1. The number of aryl methyl sites for hydroxylation is 1. The zero-order valence-corrected chi connectivity index (χ0v) is 19.0. The summed E-state index contributed by atoms with van der Waals surface area (Å²) in [7, 11) is 0. The van der Waals surface area contributed by atoms with Crippen molar-refractivity contribution in [3.8, 4) is 17.3 Å². The lowest BCUT2D eigenvalue weighted by Crippen LogP contribution is -2.20. The number of alkyl halides is 3. The first-order chi connectivity index (χ1) is 15.4. The van der Waals surface area contributed by atoms with Crippen LogP contribution in [-0.2, 0) is 5.41 Å². The second-order valence-electron chi connectivity index (χ2n) is 9.57. The van der Waals surface area contributed by atoms with Gasteiger partial charge in [-0.1, -0.05) is 25.9 Å². The number of aliphatic hydroxyl groups excluding tert-OH is 1. The molecule has 1 saturated carbocycles. The standard InChI is InChI=1S/C23H27F3N4O3/c1-12-7-18(20-29-30-21(33-20)27-13-5-6-14(31)8-13)28-19-16(12)9-15(32-11-23(24,25)26)10-17(19)22(2,3)4/h7,9-10,13-14,31H,5-6,8,11H2,1-4H3,(H,27,30)/t13-,14-/m0/s1. The first-order valence-electron chi connectivity index (χ1n) is 10.8. The molecule has 4 rings (SSSR count). The van der Waals surface area contributed by atoms with Crippen LogP contribution < -0.4 is 10.1 Å². The van der Waals surface area contributed by atoms with Crippen LogP contribution >= 0.6 is 0 Å².